The van der Waals surface area contributed by atoms with Crippen LogP contribution in [0.1, 0.15) is 17.3 Å². The number of benzene rings is 2. The second-order valence-corrected chi connectivity index (χ2v) is 8.47. The van der Waals surface area contributed by atoms with E-state index in [1.165, 1.54) is 0 Å². The maximum Gasteiger partial charge on any atom is 0.228 e. The lowest BCUT2D eigenvalue weighted by Gasteiger charge is -2.43. The molecule has 0 aliphatic carbocycles. The minimum absolute atomic E-state index is 0.0534. The number of hydrogen-bond donors (Lipinski definition) is 0. The third kappa shape index (κ3) is 4.72. The Morgan fingerprint density at radius 1 is 0.967 bits per heavy atom. The van der Waals surface area contributed by atoms with E-state index in [1.807, 2.05) is 59.5 Å². The predicted molar refractivity (Wildman–Crippen MR) is 123 cm³/mol. The van der Waals surface area contributed by atoms with Crippen LogP contribution >= 0.6 is 34.8 Å². The summed E-state index contributed by atoms with van der Waals surface area (Å²) < 4.78 is 0. The number of rotatable bonds is 4. The van der Waals surface area contributed by atoms with Crippen molar-refractivity contribution in [2.45, 2.75) is 12.5 Å². The van der Waals surface area contributed by atoms with Crippen molar-refractivity contribution in [3.63, 3.8) is 0 Å². The number of piperazine rings is 1. The van der Waals surface area contributed by atoms with E-state index in [1.54, 1.807) is 12.3 Å². The van der Waals surface area contributed by atoms with Crippen molar-refractivity contribution in [1.29, 1.82) is 0 Å². The fourth-order valence-electron chi connectivity index (χ4n) is 3.75. The van der Waals surface area contributed by atoms with Crippen LogP contribution in [0.25, 0.3) is 0 Å². The SMILES string of the molecule is O=C(Cc1ccccn1)N1CCN(c2ccc(Cl)cc2Cl)[C@H](c2ccc(Cl)cc2)C1. The molecule has 0 saturated carbocycles. The topological polar surface area (TPSA) is 36.4 Å². The Balaban J connectivity index is 1.61. The third-order valence-corrected chi connectivity index (χ3v) is 6.06. The van der Waals surface area contributed by atoms with E-state index < -0.39 is 0 Å². The van der Waals surface area contributed by atoms with Gasteiger partial charge in [-0.2, -0.15) is 0 Å². The first-order valence-electron chi connectivity index (χ1n) is 9.66. The number of carbonyl (C=O) groups is 1. The molecule has 30 heavy (non-hydrogen) atoms. The number of pyridine rings is 1. The van der Waals surface area contributed by atoms with Gasteiger partial charge in [-0.3, -0.25) is 9.78 Å². The van der Waals surface area contributed by atoms with E-state index in [0.717, 1.165) is 16.9 Å². The number of carbonyl (C=O) groups excluding carboxylic acids is 1. The Morgan fingerprint density at radius 3 is 2.43 bits per heavy atom. The van der Waals surface area contributed by atoms with Gasteiger partial charge in [0.25, 0.3) is 0 Å². The van der Waals surface area contributed by atoms with Gasteiger partial charge in [-0.25, -0.2) is 0 Å². The van der Waals surface area contributed by atoms with E-state index in [0.29, 0.717) is 34.7 Å². The zero-order valence-electron chi connectivity index (χ0n) is 16.1. The molecular formula is C23H20Cl3N3O. The molecule has 1 aliphatic heterocycles. The molecule has 1 aromatic heterocycles. The summed E-state index contributed by atoms with van der Waals surface area (Å²) in [4.78, 5) is 21.4. The number of amides is 1. The van der Waals surface area contributed by atoms with Gasteiger partial charge < -0.3 is 9.80 Å². The molecule has 0 N–H and O–H groups in total. The Kier molecular flexibility index (Phi) is 6.47. The molecule has 2 aromatic carbocycles. The summed E-state index contributed by atoms with van der Waals surface area (Å²) in [5, 5.41) is 1.86. The highest BCUT2D eigenvalue weighted by Crippen LogP contribution is 2.36. The number of nitrogens with zero attached hydrogens (tertiary/aromatic N) is 3. The molecule has 4 rings (SSSR count). The summed E-state index contributed by atoms with van der Waals surface area (Å²) in [7, 11) is 0. The quantitative estimate of drug-likeness (QED) is 0.503. The van der Waals surface area contributed by atoms with Crippen LogP contribution in [0.15, 0.2) is 66.9 Å². The first-order chi connectivity index (χ1) is 14.5. The van der Waals surface area contributed by atoms with Crippen molar-refractivity contribution >= 4 is 46.4 Å². The summed E-state index contributed by atoms with van der Waals surface area (Å²) in [6, 6.07) is 18.8. The normalized spacial score (nSPS) is 16.6. The first-order valence-corrected chi connectivity index (χ1v) is 10.8. The standard InChI is InChI=1S/C23H20Cl3N3O/c24-17-6-4-16(5-7-17)22-15-28(23(30)14-19-3-1-2-10-27-19)11-12-29(22)21-9-8-18(25)13-20(21)26/h1-10,13,22H,11-12,14-15H2/t22-/m0/s1. The maximum absolute atomic E-state index is 13.0. The molecule has 1 atom stereocenters. The number of anilines is 1. The lowest BCUT2D eigenvalue weighted by atomic mass is 10.0. The average Bonchev–Trinajstić information content (AvgIpc) is 2.75. The van der Waals surface area contributed by atoms with Crippen LogP contribution in [-0.2, 0) is 11.2 Å². The van der Waals surface area contributed by atoms with Gasteiger partial charge in [0.05, 0.1) is 23.2 Å². The number of aromatic nitrogens is 1. The molecule has 154 valence electrons. The Morgan fingerprint density at radius 2 is 1.73 bits per heavy atom. The highest BCUT2D eigenvalue weighted by Gasteiger charge is 2.32. The molecule has 1 aliphatic rings. The van der Waals surface area contributed by atoms with Gasteiger partial charge in [0.2, 0.25) is 5.91 Å². The first kappa shape index (κ1) is 21.0. The maximum atomic E-state index is 13.0. The van der Waals surface area contributed by atoms with E-state index in [4.69, 9.17) is 34.8 Å². The lowest BCUT2D eigenvalue weighted by molar-refractivity contribution is -0.131. The Hall–Kier alpha value is -2.27. The fourth-order valence-corrected chi connectivity index (χ4v) is 4.39. The monoisotopic (exact) mass is 459 g/mol. The second kappa shape index (κ2) is 9.25. The summed E-state index contributed by atoms with van der Waals surface area (Å²) >= 11 is 18.7. The van der Waals surface area contributed by atoms with Crippen LogP contribution in [-0.4, -0.2) is 35.4 Å². The van der Waals surface area contributed by atoms with Gasteiger partial charge in [-0.05, 0) is 48.0 Å². The molecule has 1 fully saturated rings. The van der Waals surface area contributed by atoms with Crippen LogP contribution in [0, 0.1) is 0 Å². The molecule has 0 bridgehead atoms. The van der Waals surface area contributed by atoms with Crippen molar-refractivity contribution in [1.82, 2.24) is 9.88 Å². The van der Waals surface area contributed by atoms with Gasteiger partial charge in [-0.15, -0.1) is 0 Å². The van der Waals surface area contributed by atoms with Crippen LogP contribution < -0.4 is 4.90 Å². The zero-order valence-corrected chi connectivity index (χ0v) is 18.4. The summed E-state index contributed by atoms with van der Waals surface area (Å²) in [6.07, 6.45) is 2.00. The van der Waals surface area contributed by atoms with E-state index >= 15 is 0 Å². The Labute approximate surface area is 191 Å². The molecule has 1 amide bonds. The van der Waals surface area contributed by atoms with Gasteiger partial charge >= 0.3 is 0 Å². The van der Waals surface area contributed by atoms with E-state index in [2.05, 4.69) is 9.88 Å². The minimum atomic E-state index is -0.0534. The average molecular weight is 461 g/mol. The fraction of sp³-hybridized carbons (Fsp3) is 0.217. The van der Waals surface area contributed by atoms with Crippen LogP contribution in [0.3, 0.4) is 0 Å². The van der Waals surface area contributed by atoms with Crippen molar-refractivity contribution in [2.24, 2.45) is 0 Å². The molecule has 7 heteroatoms. The molecule has 2 heterocycles. The van der Waals surface area contributed by atoms with E-state index in [-0.39, 0.29) is 18.4 Å². The van der Waals surface area contributed by atoms with Crippen molar-refractivity contribution < 1.29 is 4.79 Å². The number of hydrogen-bond acceptors (Lipinski definition) is 3. The van der Waals surface area contributed by atoms with Crippen LogP contribution in [0.5, 0.6) is 0 Å². The highest BCUT2D eigenvalue weighted by atomic mass is 35.5. The van der Waals surface area contributed by atoms with Crippen LogP contribution in [0.2, 0.25) is 15.1 Å². The van der Waals surface area contributed by atoms with Gasteiger partial charge in [0, 0.05) is 41.6 Å². The largest absolute Gasteiger partial charge is 0.360 e. The zero-order chi connectivity index (χ0) is 21.1. The predicted octanol–water partition coefficient (Wildman–Crippen LogP) is 5.67. The van der Waals surface area contributed by atoms with Gasteiger partial charge in [0.1, 0.15) is 0 Å². The smallest absolute Gasteiger partial charge is 0.228 e. The molecule has 1 saturated heterocycles. The molecule has 0 radical (unpaired) electrons. The van der Waals surface area contributed by atoms with Crippen LogP contribution in [0.4, 0.5) is 5.69 Å². The molecular weight excluding hydrogens is 441 g/mol. The van der Waals surface area contributed by atoms with E-state index in [9.17, 15) is 4.79 Å². The minimum Gasteiger partial charge on any atom is -0.360 e. The molecule has 0 spiro atoms. The van der Waals surface area contributed by atoms with Crippen molar-refractivity contribution in [2.75, 3.05) is 24.5 Å². The van der Waals surface area contributed by atoms with Gasteiger partial charge in [0.15, 0.2) is 0 Å². The summed E-state index contributed by atoms with van der Waals surface area (Å²) in [5.74, 6) is 0.0644. The highest BCUT2D eigenvalue weighted by molar-refractivity contribution is 6.36. The summed E-state index contributed by atoms with van der Waals surface area (Å²) in [5.41, 5.74) is 2.74. The van der Waals surface area contributed by atoms with Gasteiger partial charge in [-0.1, -0.05) is 53.0 Å². The summed E-state index contributed by atoms with van der Waals surface area (Å²) in [6.45, 7) is 1.81. The molecule has 3 aromatic rings. The second-order valence-electron chi connectivity index (χ2n) is 7.19. The third-order valence-electron chi connectivity index (χ3n) is 5.27. The van der Waals surface area contributed by atoms with Crippen molar-refractivity contribution in [3.05, 3.63) is 93.2 Å². The Bertz CT molecular complexity index is 1030. The molecule has 4 nitrogen and oxygen atoms in total. The van der Waals surface area contributed by atoms with Crippen molar-refractivity contribution in [3.8, 4) is 0 Å². The molecule has 0 unspecified atom stereocenters. The lowest BCUT2D eigenvalue weighted by Crippen LogP contribution is -2.51. The number of halogens is 3.